The Labute approximate surface area is 176 Å². The van der Waals surface area contributed by atoms with Crippen LogP contribution in [0.3, 0.4) is 0 Å². The maximum atomic E-state index is 12.3. The van der Waals surface area contributed by atoms with Gasteiger partial charge in [0.25, 0.3) is 0 Å². The second-order valence-corrected chi connectivity index (χ2v) is 8.42. The molecule has 9 nitrogen and oxygen atoms in total. The second-order valence-electron chi connectivity index (χ2n) is 8.42. The number of esters is 1. The van der Waals surface area contributed by atoms with E-state index in [-0.39, 0.29) is 35.6 Å². The summed E-state index contributed by atoms with van der Waals surface area (Å²) in [6.45, 7) is 4.98. The topological polar surface area (TPSA) is 129 Å². The third-order valence-electron chi connectivity index (χ3n) is 5.73. The van der Waals surface area contributed by atoms with E-state index in [1.54, 1.807) is 0 Å². The SMILES string of the molecule is CC1=CCC[C@@]2(C)O[C@H]2[C@H]2OC(=O)[C@@H](CNN(C)C)[C@@H]2CC1.O=C(O)/C=C/C(=O)O. The molecule has 3 aliphatic rings. The molecule has 5 atom stereocenters. The molecule has 168 valence electrons. The molecule has 0 radical (unpaired) electrons. The van der Waals surface area contributed by atoms with Gasteiger partial charge in [0.1, 0.15) is 12.2 Å². The van der Waals surface area contributed by atoms with Crippen molar-refractivity contribution in [2.75, 3.05) is 20.6 Å². The van der Waals surface area contributed by atoms with Crippen LogP contribution in [0.5, 0.6) is 0 Å². The molecule has 2 saturated heterocycles. The molecule has 9 heteroatoms. The van der Waals surface area contributed by atoms with Crippen molar-refractivity contribution in [2.24, 2.45) is 11.8 Å². The van der Waals surface area contributed by atoms with Crippen molar-refractivity contribution in [3.8, 4) is 0 Å². The van der Waals surface area contributed by atoms with Gasteiger partial charge in [-0.05, 0) is 39.5 Å². The molecular formula is C21H32N2O7. The Bertz CT molecular complexity index is 702. The van der Waals surface area contributed by atoms with Crippen molar-refractivity contribution in [2.45, 2.75) is 57.3 Å². The maximum Gasteiger partial charge on any atom is 0.328 e. The fraction of sp³-hybridized carbons (Fsp3) is 0.667. The number of nitrogens with one attached hydrogen (secondary N) is 1. The standard InChI is InChI=1S/C17H28N2O3.C4H4O4/c1-11-6-5-9-17(2)15(22-17)14-12(8-7-11)13(16(20)21-14)10-18-19(3)4;5-3(6)1-2-4(7)8/h6,12-15,18H,5,7-10H2,1-4H3;1-2H,(H,5,6)(H,7,8)/b;2-1+/t12-,13-,14-,15-,17+;/m0./s1. The number of epoxide rings is 1. The molecule has 30 heavy (non-hydrogen) atoms. The first-order valence-corrected chi connectivity index (χ1v) is 10.1. The molecule has 0 aromatic carbocycles. The van der Waals surface area contributed by atoms with Crippen molar-refractivity contribution in [3.63, 3.8) is 0 Å². The zero-order valence-electron chi connectivity index (χ0n) is 18.0. The highest BCUT2D eigenvalue weighted by molar-refractivity contribution is 5.89. The molecular weight excluding hydrogens is 392 g/mol. The van der Waals surface area contributed by atoms with Gasteiger partial charge in [0.05, 0.1) is 11.5 Å². The lowest BCUT2D eigenvalue weighted by molar-refractivity contribution is -0.145. The molecule has 3 N–H and O–H groups in total. The van der Waals surface area contributed by atoms with Gasteiger partial charge in [-0.15, -0.1) is 0 Å². The first-order chi connectivity index (χ1) is 14.0. The molecule has 3 rings (SSSR count). The number of hydrogen-bond donors (Lipinski definition) is 3. The van der Waals surface area contributed by atoms with Gasteiger partial charge < -0.3 is 19.7 Å². The summed E-state index contributed by atoms with van der Waals surface area (Å²) in [7, 11) is 3.89. The molecule has 2 aliphatic heterocycles. The number of hydrazine groups is 1. The van der Waals surface area contributed by atoms with Crippen LogP contribution in [0.4, 0.5) is 0 Å². The summed E-state index contributed by atoms with van der Waals surface area (Å²) in [5, 5.41) is 17.5. The summed E-state index contributed by atoms with van der Waals surface area (Å²) in [6.07, 6.45) is 7.55. The number of carbonyl (C=O) groups excluding carboxylic acids is 1. The Balaban J connectivity index is 0.000000343. The van der Waals surface area contributed by atoms with Crippen molar-refractivity contribution in [3.05, 3.63) is 23.8 Å². The molecule has 2 fully saturated rings. The lowest BCUT2D eigenvalue weighted by atomic mass is 9.81. The number of fused-ring (bicyclic) bond motifs is 3. The fourth-order valence-corrected chi connectivity index (χ4v) is 4.00. The zero-order chi connectivity index (χ0) is 22.5. The van der Waals surface area contributed by atoms with E-state index in [1.165, 1.54) is 5.57 Å². The lowest BCUT2D eigenvalue weighted by Crippen LogP contribution is -2.39. The van der Waals surface area contributed by atoms with Gasteiger partial charge in [-0.3, -0.25) is 15.2 Å². The van der Waals surface area contributed by atoms with Crippen LogP contribution in [0.2, 0.25) is 0 Å². The Morgan fingerprint density at radius 3 is 2.50 bits per heavy atom. The summed E-state index contributed by atoms with van der Waals surface area (Å²) in [4.78, 5) is 31.5. The predicted molar refractivity (Wildman–Crippen MR) is 108 cm³/mol. The minimum absolute atomic E-state index is 0.0666. The number of ether oxygens (including phenoxy) is 2. The van der Waals surface area contributed by atoms with Crippen LogP contribution >= 0.6 is 0 Å². The van der Waals surface area contributed by atoms with Crippen LogP contribution in [-0.4, -0.2) is 71.6 Å². The van der Waals surface area contributed by atoms with E-state index in [0.717, 1.165) is 25.7 Å². The Morgan fingerprint density at radius 1 is 1.30 bits per heavy atom. The fourth-order valence-electron chi connectivity index (χ4n) is 4.00. The molecule has 2 heterocycles. The minimum atomic E-state index is -1.26. The molecule has 0 aromatic rings. The highest BCUT2D eigenvalue weighted by Gasteiger charge is 2.62. The largest absolute Gasteiger partial charge is 0.478 e. The van der Waals surface area contributed by atoms with E-state index in [0.29, 0.717) is 18.7 Å². The third-order valence-corrected chi connectivity index (χ3v) is 5.73. The number of nitrogens with zero attached hydrogens (tertiary/aromatic N) is 1. The minimum Gasteiger partial charge on any atom is -0.478 e. The Hall–Kier alpha value is -2.23. The van der Waals surface area contributed by atoms with Crippen LogP contribution < -0.4 is 5.43 Å². The first kappa shape index (κ1) is 24.0. The van der Waals surface area contributed by atoms with Crippen LogP contribution in [0.25, 0.3) is 0 Å². The van der Waals surface area contributed by atoms with Crippen molar-refractivity contribution >= 4 is 17.9 Å². The van der Waals surface area contributed by atoms with E-state index >= 15 is 0 Å². The molecule has 0 aromatic heterocycles. The number of carboxylic acids is 2. The van der Waals surface area contributed by atoms with Crippen LogP contribution in [0.15, 0.2) is 23.8 Å². The van der Waals surface area contributed by atoms with Gasteiger partial charge in [-0.25, -0.2) is 9.59 Å². The van der Waals surface area contributed by atoms with Crippen LogP contribution in [0, 0.1) is 11.8 Å². The van der Waals surface area contributed by atoms with E-state index < -0.39 is 11.9 Å². The van der Waals surface area contributed by atoms with Crippen molar-refractivity contribution in [1.29, 1.82) is 0 Å². The third kappa shape index (κ3) is 6.65. The van der Waals surface area contributed by atoms with Crippen LogP contribution in [0.1, 0.15) is 39.5 Å². The highest BCUT2D eigenvalue weighted by Crippen LogP contribution is 2.50. The Kier molecular flexibility index (Phi) is 8.17. The molecule has 0 bridgehead atoms. The number of allylic oxidation sites excluding steroid dienone is 2. The van der Waals surface area contributed by atoms with Gasteiger partial charge in [-0.2, -0.15) is 0 Å². The van der Waals surface area contributed by atoms with Crippen molar-refractivity contribution in [1.82, 2.24) is 10.4 Å². The van der Waals surface area contributed by atoms with E-state index in [4.69, 9.17) is 19.7 Å². The zero-order valence-corrected chi connectivity index (χ0v) is 18.0. The summed E-state index contributed by atoms with van der Waals surface area (Å²) in [6, 6.07) is 0. The van der Waals surface area contributed by atoms with Gasteiger partial charge in [0.2, 0.25) is 0 Å². The van der Waals surface area contributed by atoms with E-state index in [1.807, 2.05) is 19.1 Å². The average molecular weight is 424 g/mol. The van der Waals surface area contributed by atoms with Gasteiger partial charge in [0.15, 0.2) is 0 Å². The van der Waals surface area contributed by atoms with E-state index in [2.05, 4.69) is 25.3 Å². The summed E-state index contributed by atoms with van der Waals surface area (Å²) in [5.41, 5.74) is 4.55. The van der Waals surface area contributed by atoms with Crippen LogP contribution in [-0.2, 0) is 23.9 Å². The second kappa shape index (κ2) is 10.2. The van der Waals surface area contributed by atoms with Crippen molar-refractivity contribution < 1.29 is 34.1 Å². The number of carboxylic acid groups (broad SMARTS) is 2. The number of rotatable bonds is 5. The van der Waals surface area contributed by atoms with Gasteiger partial charge >= 0.3 is 17.9 Å². The lowest BCUT2D eigenvalue weighted by Gasteiger charge is -2.23. The Morgan fingerprint density at radius 2 is 1.93 bits per heavy atom. The monoisotopic (exact) mass is 424 g/mol. The summed E-state index contributed by atoms with van der Waals surface area (Å²) < 4.78 is 11.7. The predicted octanol–water partition coefficient (Wildman–Crippen LogP) is 1.60. The first-order valence-electron chi connectivity index (χ1n) is 10.1. The number of carbonyl (C=O) groups is 3. The molecule has 0 saturated carbocycles. The molecule has 0 spiro atoms. The molecule has 0 amide bonds. The van der Waals surface area contributed by atoms with Gasteiger partial charge in [-0.1, -0.05) is 11.6 Å². The summed E-state index contributed by atoms with van der Waals surface area (Å²) >= 11 is 0. The van der Waals surface area contributed by atoms with E-state index in [9.17, 15) is 14.4 Å². The normalized spacial score (nSPS) is 33.0. The summed E-state index contributed by atoms with van der Waals surface area (Å²) in [5.74, 6) is -2.41. The quantitative estimate of drug-likeness (QED) is 0.198. The average Bonchev–Trinajstić information content (AvgIpc) is 3.21. The maximum absolute atomic E-state index is 12.3. The molecule has 0 unspecified atom stereocenters. The van der Waals surface area contributed by atoms with Gasteiger partial charge in [0, 0.05) is 38.7 Å². The number of hydrogen-bond acceptors (Lipinski definition) is 7. The highest BCUT2D eigenvalue weighted by atomic mass is 16.6. The molecule has 1 aliphatic carbocycles. The smallest absolute Gasteiger partial charge is 0.328 e. The number of aliphatic carboxylic acids is 2.